The van der Waals surface area contributed by atoms with E-state index in [4.69, 9.17) is 4.74 Å². The van der Waals surface area contributed by atoms with Crippen molar-refractivity contribution in [2.24, 2.45) is 5.92 Å². The van der Waals surface area contributed by atoms with E-state index < -0.39 is 0 Å². The van der Waals surface area contributed by atoms with E-state index in [0.29, 0.717) is 18.8 Å². The van der Waals surface area contributed by atoms with Crippen molar-refractivity contribution >= 4 is 5.97 Å². The molecule has 0 aromatic rings. The maximum absolute atomic E-state index is 11.0. The summed E-state index contributed by atoms with van der Waals surface area (Å²) in [7, 11) is 1.40. The third-order valence-electron chi connectivity index (χ3n) is 3.81. The van der Waals surface area contributed by atoms with Gasteiger partial charge in [0, 0.05) is 25.7 Å². The summed E-state index contributed by atoms with van der Waals surface area (Å²) in [5, 5.41) is 0. The van der Waals surface area contributed by atoms with Crippen LogP contribution in [-0.4, -0.2) is 25.3 Å². The summed E-state index contributed by atoms with van der Waals surface area (Å²) in [5.41, 5.74) is 0. The maximum Gasteiger partial charge on any atom is 0.305 e. The Morgan fingerprint density at radius 3 is 2.78 bits per heavy atom. The van der Waals surface area contributed by atoms with Crippen LogP contribution < -0.4 is 0 Å². The molecule has 0 unspecified atom stereocenters. The molecule has 0 spiro atoms. The highest BCUT2D eigenvalue weighted by atomic mass is 16.6. The summed E-state index contributed by atoms with van der Waals surface area (Å²) in [6.07, 6.45) is 19.8. The Bertz CT molecular complexity index is 674. The third kappa shape index (κ3) is 12.5. The lowest BCUT2D eigenvalue weighted by molar-refractivity contribution is -0.140. The van der Waals surface area contributed by atoms with Crippen molar-refractivity contribution in [3.05, 3.63) is 48.6 Å². The smallest absolute Gasteiger partial charge is 0.305 e. The topological polar surface area (TPSA) is 38.8 Å². The lowest BCUT2D eigenvalue weighted by Crippen LogP contribution is -2.02. The van der Waals surface area contributed by atoms with Crippen molar-refractivity contribution in [3.63, 3.8) is 0 Å². The van der Waals surface area contributed by atoms with Crippen LogP contribution in [0.1, 0.15) is 46.0 Å². The molecule has 0 amide bonds. The summed E-state index contributed by atoms with van der Waals surface area (Å²) in [4.78, 5) is 11.0. The zero-order valence-electron chi connectivity index (χ0n) is 16.6. The number of carbonyl (C=O) groups excluding carboxylic acids is 1. The number of methoxy groups -OCH3 is 1. The van der Waals surface area contributed by atoms with Gasteiger partial charge in [-0.15, -0.1) is 11.8 Å². The van der Waals surface area contributed by atoms with Gasteiger partial charge < -0.3 is 9.47 Å². The molecular formula is C24H30O3. The van der Waals surface area contributed by atoms with Crippen LogP contribution in [0.3, 0.4) is 0 Å². The molecule has 1 heterocycles. The molecule has 0 saturated carbocycles. The number of rotatable bonds is 9. The second kappa shape index (κ2) is 14.7. The first-order chi connectivity index (χ1) is 13.2. The van der Waals surface area contributed by atoms with E-state index in [1.165, 1.54) is 7.11 Å². The molecule has 3 atom stereocenters. The SMILES string of the molecule is CCC#CC[C@H](C)/C=C/C#CC\C=C/C=C/C=C/[C@@H]1O[C@H]1CCC(=O)OC. The van der Waals surface area contributed by atoms with E-state index in [2.05, 4.69) is 48.3 Å². The number of hydrogen-bond acceptors (Lipinski definition) is 3. The van der Waals surface area contributed by atoms with Crippen molar-refractivity contribution in [1.82, 2.24) is 0 Å². The maximum atomic E-state index is 11.0. The number of epoxide rings is 1. The van der Waals surface area contributed by atoms with Crippen molar-refractivity contribution in [2.75, 3.05) is 7.11 Å². The minimum Gasteiger partial charge on any atom is -0.469 e. The minimum absolute atomic E-state index is 0.122. The molecule has 1 aliphatic rings. The molecule has 0 aromatic carbocycles. The first-order valence-corrected chi connectivity index (χ1v) is 9.50. The van der Waals surface area contributed by atoms with Crippen molar-refractivity contribution in [2.45, 2.75) is 58.2 Å². The van der Waals surface area contributed by atoms with Crippen molar-refractivity contribution < 1.29 is 14.3 Å². The molecule has 0 aliphatic carbocycles. The molecular weight excluding hydrogens is 336 g/mol. The molecule has 3 heteroatoms. The average molecular weight is 367 g/mol. The van der Waals surface area contributed by atoms with Gasteiger partial charge in [-0.3, -0.25) is 4.79 Å². The van der Waals surface area contributed by atoms with Gasteiger partial charge in [-0.1, -0.05) is 68.2 Å². The molecule has 0 bridgehead atoms. The second-order valence-corrected chi connectivity index (χ2v) is 6.22. The molecule has 144 valence electrons. The number of carbonyl (C=O) groups is 1. The van der Waals surface area contributed by atoms with Crippen LogP contribution in [0, 0.1) is 29.6 Å². The van der Waals surface area contributed by atoms with Gasteiger partial charge >= 0.3 is 5.97 Å². The number of allylic oxidation sites excluding steroid dienone is 7. The number of esters is 1. The van der Waals surface area contributed by atoms with Crippen molar-refractivity contribution in [1.29, 1.82) is 0 Å². The molecule has 3 nitrogen and oxygen atoms in total. The van der Waals surface area contributed by atoms with Gasteiger partial charge in [0.05, 0.1) is 13.2 Å². The van der Waals surface area contributed by atoms with E-state index in [9.17, 15) is 4.79 Å². The highest BCUT2D eigenvalue weighted by Gasteiger charge is 2.36. The van der Waals surface area contributed by atoms with Gasteiger partial charge in [0.15, 0.2) is 0 Å². The van der Waals surface area contributed by atoms with Gasteiger partial charge in [0.25, 0.3) is 0 Å². The Balaban J connectivity index is 2.11. The Labute approximate surface area is 164 Å². The van der Waals surface area contributed by atoms with E-state index in [0.717, 1.165) is 19.3 Å². The monoisotopic (exact) mass is 366 g/mol. The normalized spacial score (nSPS) is 19.8. The van der Waals surface area contributed by atoms with Crippen LogP contribution in [-0.2, 0) is 14.3 Å². The zero-order chi connectivity index (χ0) is 19.7. The molecule has 27 heavy (non-hydrogen) atoms. The standard InChI is InChI=1S/C24H30O3/c1-4-5-13-16-21(2)17-14-11-9-7-6-8-10-12-15-18-22-23(27-22)19-20-24(25)26-3/h6,8,10,12,14-15,17-18,21-23H,4,7,16,19-20H2,1-3H3/b8-6-,12-10+,17-14+,18-15+/t21-,22-,23-/m0/s1. The molecule has 0 aromatic heterocycles. The van der Waals surface area contributed by atoms with Crippen molar-refractivity contribution in [3.8, 4) is 23.7 Å². The molecule has 1 fully saturated rings. The number of ether oxygens (including phenoxy) is 2. The zero-order valence-corrected chi connectivity index (χ0v) is 16.6. The lowest BCUT2D eigenvalue weighted by atomic mass is 10.1. The summed E-state index contributed by atoms with van der Waals surface area (Å²) < 4.78 is 10.1. The van der Waals surface area contributed by atoms with Gasteiger partial charge in [-0.05, 0) is 18.4 Å². The molecule has 1 aliphatic heterocycles. The van der Waals surface area contributed by atoms with Gasteiger partial charge in [-0.25, -0.2) is 0 Å². The second-order valence-electron chi connectivity index (χ2n) is 6.22. The van der Waals surface area contributed by atoms with E-state index in [-0.39, 0.29) is 18.2 Å². The van der Waals surface area contributed by atoms with Crippen LogP contribution in [0.2, 0.25) is 0 Å². The fraction of sp³-hybridized carbons (Fsp3) is 0.458. The predicted molar refractivity (Wildman–Crippen MR) is 111 cm³/mol. The van der Waals surface area contributed by atoms with Crippen LogP contribution >= 0.6 is 0 Å². The first kappa shape index (κ1) is 22.6. The highest BCUT2D eigenvalue weighted by molar-refractivity contribution is 5.69. The fourth-order valence-corrected chi connectivity index (χ4v) is 2.18. The average Bonchev–Trinajstić information content (AvgIpc) is 3.42. The summed E-state index contributed by atoms with van der Waals surface area (Å²) in [5.74, 6) is 12.6. The van der Waals surface area contributed by atoms with E-state index in [1.54, 1.807) is 0 Å². The van der Waals surface area contributed by atoms with Gasteiger partial charge in [0.1, 0.15) is 6.10 Å². The Kier molecular flexibility index (Phi) is 12.2. The molecule has 1 rings (SSSR count). The van der Waals surface area contributed by atoms with Crippen LogP contribution in [0.15, 0.2) is 48.6 Å². The highest BCUT2D eigenvalue weighted by Crippen LogP contribution is 2.27. The first-order valence-electron chi connectivity index (χ1n) is 9.50. The third-order valence-corrected chi connectivity index (χ3v) is 3.81. The number of hydrogen-bond donors (Lipinski definition) is 0. The van der Waals surface area contributed by atoms with Gasteiger partial charge in [0.2, 0.25) is 0 Å². The van der Waals surface area contributed by atoms with Crippen LogP contribution in [0.4, 0.5) is 0 Å². The Hall–Kier alpha value is -2.49. The fourth-order valence-electron chi connectivity index (χ4n) is 2.18. The van der Waals surface area contributed by atoms with Gasteiger partial charge in [-0.2, -0.15) is 0 Å². The largest absolute Gasteiger partial charge is 0.469 e. The Morgan fingerprint density at radius 2 is 2.00 bits per heavy atom. The summed E-state index contributed by atoms with van der Waals surface area (Å²) in [6.45, 7) is 4.21. The Morgan fingerprint density at radius 1 is 1.19 bits per heavy atom. The predicted octanol–water partition coefficient (Wildman–Crippen LogP) is 4.76. The molecule has 1 saturated heterocycles. The van der Waals surface area contributed by atoms with Crippen LogP contribution in [0.5, 0.6) is 0 Å². The minimum atomic E-state index is -0.187. The van der Waals surface area contributed by atoms with E-state index in [1.807, 2.05) is 42.5 Å². The lowest BCUT2D eigenvalue weighted by Gasteiger charge is -1.96. The van der Waals surface area contributed by atoms with Crippen LogP contribution in [0.25, 0.3) is 0 Å². The molecule has 0 N–H and O–H groups in total. The molecule has 0 radical (unpaired) electrons. The summed E-state index contributed by atoms with van der Waals surface area (Å²) >= 11 is 0. The quantitative estimate of drug-likeness (QED) is 0.255. The van der Waals surface area contributed by atoms with E-state index >= 15 is 0 Å². The summed E-state index contributed by atoms with van der Waals surface area (Å²) in [6, 6.07) is 0.